The molecule has 0 fully saturated rings. The predicted molar refractivity (Wildman–Crippen MR) is 89.4 cm³/mol. The van der Waals surface area contributed by atoms with Gasteiger partial charge >= 0.3 is 0 Å². The minimum absolute atomic E-state index is 0.0529. The lowest BCUT2D eigenvalue weighted by Gasteiger charge is -2.13. The summed E-state index contributed by atoms with van der Waals surface area (Å²) in [6.07, 6.45) is 0. The third-order valence-electron chi connectivity index (χ3n) is 4.00. The fourth-order valence-electron chi connectivity index (χ4n) is 2.61. The van der Waals surface area contributed by atoms with Crippen molar-refractivity contribution in [3.63, 3.8) is 0 Å². The highest BCUT2D eigenvalue weighted by atomic mass is 16.6. The highest BCUT2D eigenvalue weighted by molar-refractivity contribution is 5.99. The number of carbonyl (C=O) groups excluding carboxylic acids is 1. The SMILES string of the molecule is CCN(C)CC(=O)c1cc(C)n(-c2ccc([N+](=O)[O-])cc2)c1C. The fraction of sp³-hybridized carbons (Fsp3) is 0.353. The van der Waals surface area contributed by atoms with Crippen molar-refractivity contribution in [2.75, 3.05) is 20.1 Å². The Bertz CT molecular complexity index is 732. The summed E-state index contributed by atoms with van der Waals surface area (Å²) >= 11 is 0. The van der Waals surface area contributed by atoms with Crippen molar-refractivity contribution in [3.05, 3.63) is 57.4 Å². The van der Waals surface area contributed by atoms with Crippen LogP contribution in [0.25, 0.3) is 5.69 Å². The number of aryl methyl sites for hydroxylation is 1. The summed E-state index contributed by atoms with van der Waals surface area (Å²) in [4.78, 5) is 24.7. The van der Waals surface area contributed by atoms with Gasteiger partial charge in [-0.3, -0.25) is 19.8 Å². The van der Waals surface area contributed by atoms with Crippen LogP contribution < -0.4 is 0 Å². The van der Waals surface area contributed by atoms with Crippen LogP contribution in [0.5, 0.6) is 0 Å². The molecule has 1 aromatic heterocycles. The number of hydrogen-bond acceptors (Lipinski definition) is 4. The van der Waals surface area contributed by atoms with E-state index in [1.165, 1.54) is 12.1 Å². The van der Waals surface area contributed by atoms with Crippen LogP contribution >= 0.6 is 0 Å². The Morgan fingerprint density at radius 1 is 1.26 bits per heavy atom. The molecular weight excluding hydrogens is 294 g/mol. The van der Waals surface area contributed by atoms with Gasteiger partial charge in [-0.2, -0.15) is 0 Å². The number of carbonyl (C=O) groups is 1. The van der Waals surface area contributed by atoms with Crippen LogP contribution in [0.15, 0.2) is 30.3 Å². The molecule has 6 nitrogen and oxygen atoms in total. The lowest BCUT2D eigenvalue weighted by molar-refractivity contribution is -0.384. The number of benzene rings is 1. The van der Waals surface area contributed by atoms with Gasteiger partial charge in [-0.05, 0) is 45.6 Å². The minimum atomic E-state index is -0.422. The molecule has 0 aliphatic rings. The third kappa shape index (κ3) is 3.48. The second-order valence-corrected chi connectivity index (χ2v) is 5.65. The van der Waals surface area contributed by atoms with Crippen molar-refractivity contribution < 1.29 is 9.72 Å². The molecule has 2 aromatic rings. The van der Waals surface area contributed by atoms with Crippen LogP contribution in [-0.4, -0.2) is 40.3 Å². The van der Waals surface area contributed by atoms with E-state index in [4.69, 9.17) is 0 Å². The largest absolute Gasteiger partial charge is 0.318 e. The lowest BCUT2D eigenvalue weighted by atomic mass is 10.1. The molecule has 0 amide bonds. The summed E-state index contributed by atoms with van der Waals surface area (Å²) in [5.41, 5.74) is 3.34. The molecule has 0 bridgehead atoms. The first kappa shape index (κ1) is 16.9. The average Bonchev–Trinajstić information content (AvgIpc) is 2.82. The van der Waals surface area contributed by atoms with Crippen molar-refractivity contribution >= 4 is 11.5 Å². The van der Waals surface area contributed by atoms with Crippen LogP contribution in [-0.2, 0) is 0 Å². The minimum Gasteiger partial charge on any atom is -0.318 e. The fourth-order valence-corrected chi connectivity index (χ4v) is 2.61. The van der Waals surface area contributed by atoms with Crippen molar-refractivity contribution in [1.29, 1.82) is 0 Å². The third-order valence-corrected chi connectivity index (χ3v) is 4.00. The predicted octanol–water partition coefficient (Wildman–Crippen LogP) is 3.14. The summed E-state index contributed by atoms with van der Waals surface area (Å²) in [6.45, 7) is 7.02. The van der Waals surface area contributed by atoms with E-state index in [1.807, 2.05) is 43.4 Å². The zero-order valence-electron chi connectivity index (χ0n) is 13.9. The molecule has 1 aromatic carbocycles. The van der Waals surface area contributed by atoms with Crippen molar-refractivity contribution in [2.24, 2.45) is 0 Å². The number of nitro groups is 1. The number of rotatable bonds is 6. The Morgan fingerprint density at radius 2 is 1.87 bits per heavy atom. The monoisotopic (exact) mass is 315 g/mol. The maximum Gasteiger partial charge on any atom is 0.269 e. The van der Waals surface area contributed by atoms with Crippen molar-refractivity contribution in [3.8, 4) is 5.69 Å². The summed E-state index contributed by atoms with van der Waals surface area (Å²) in [7, 11) is 1.91. The molecule has 0 radical (unpaired) electrons. The van der Waals surface area contributed by atoms with Crippen molar-refractivity contribution in [1.82, 2.24) is 9.47 Å². The van der Waals surface area contributed by atoms with Crippen molar-refractivity contribution in [2.45, 2.75) is 20.8 Å². The smallest absolute Gasteiger partial charge is 0.269 e. The lowest BCUT2D eigenvalue weighted by Crippen LogP contribution is -2.25. The molecule has 1 heterocycles. The first-order chi connectivity index (χ1) is 10.8. The first-order valence-corrected chi connectivity index (χ1v) is 7.50. The molecule has 2 rings (SSSR count). The Labute approximate surface area is 135 Å². The van der Waals surface area contributed by atoms with E-state index >= 15 is 0 Å². The van der Waals surface area contributed by atoms with Crippen LogP contribution in [0.3, 0.4) is 0 Å². The van der Waals surface area contributed by atoms with Gasteiger partial charge in [0.2, 0.25) is 0 Å². The van der Waals surface area contributed by atoms with E-state index in [1.54, 1.807) is 12.1 Å². The highest BCUT2D eigenvalue weighted by Gasteiger charge is 2.18. The second kappa shape index (κ2) is 6.75. The van der Waals surface area contributed by atoms with Crippen LogP contribution in [0, 0.1) is 24.0 Å². The number of non-ortho nitro benzene ring substituents is 1. The van der Waals surface area contributed by atoms with Gasteiger partial charge in [0.05, 0.1) is 11.5 Å². The molecule has 23 heavy (non-hydrogen) atoms. The standard InChI is InChI=1S/C17H21N3O3/c1-5-18(4)11-17(21)16-10-12(2)19(13(16)3)14-6-8-15(9-7-14)20(22)23/h6-10H,5,11H2,1-4H3. The number of Topliss-reactive ketones (excluding diaryl/α,β-unsaturated/α-hetero) is 1. The summed E-state index contributed by atoms with van der Waals surface area (Å²) in [5, 5.41) is 10.8. The zero-order valence-corrected chi connectivity index (χ0v) is 13.9. The molecule has 0 saturated carbocycles. The van der Waals surface area contributed by atoms with Gasteiger partial charge in [0.1, 0.15) is 0 Å². The van der Waals surface area contributed by atoms with E-state index in [0.717, 1.165) is 23.6 Å². The number of hydrogen-bond donors (Lipinski definition) is 0. The molecule has 6 heteroatoms. The highest BCUT2D eigenvalue weighted by Crippen LogP contribution is 2.23. The molecular formula is C17H21N3O3. The van der Waals surface area contributed by atoms with E-state index in [2.05, 4.69) is 0 Å². The van der Waals surface area contributed by atoms with Gasteiger partial charge < -0.3 is 4.57 Å². The Kier molecular flexibility index (Phi) is 4.95. The summed E-state index contributed by atoms with van der Waals surface area (Å²) < 4.78 is 1.95. The number of nitrogens with zero attached hydrogens (tertiary/aromatic N) is 3. The second-order valence-electron chi connectivity index (χ2n) is 5.65. The van der Waals surface area contributed by atoms with Gasteiger partial charge in [0, 0.05) is 34.8 Å². The molecule has 0 atom stereocenters. The number of nitro benzene ring substituents is 1. The number of aromatic nitrogens is 1. The zero-order chi connectivity index (χ0) is 17.1. The van der Waals surface area contributed by atoms with E-state index < -0.39 is 4.92 Å². The Balaban J connectivity index is 2.37. The molecule has 0 aliphatic heterocycles. The molecule has 122 valence electrons. The number of ketones is 1. The topological polar surface area (TPSA) is 68.4 Å². The quantitative estimate of drug-likeness (QED) is 0.466. The molecule has 0 unspecified atom stereocenters. The molecule has 0 aliphatic carbocycles. The normalized spacial score (nSPS) is 11.0. The average molecular weight is 315 g/mol. The van der Waals surface area contributed by atoms with Gasteiger partial charge in [-0.25, -0.2) is 0 Å². The van der Waals surface area contributed by atoms with Gasteiger partial charge in [-0.1, -0.05) is 6.92 Å². The summed E-state index contributed by atoms with van der Waals surface area (Å²) in [5.74, 6) is 0.0793. The number of likely N-dealkylation sites (N-methyl/N-ethyl adjacent to an activating group) is 1. The van der Waals surface area contributed by atoms with E-state index in [9.17, 15) is 14.9 Å². The van der Waals surface area contributed by atoms with Crippen LogP contribution in [0.2, 0.25) is 0 Å². The summed E-state index contributed by atoms with van der Waals surface area (Å²) in [6, 6.07) is 8.22. The molecule has 0 N–H and O–H groups in total. The van der Waals surface area contributed by atoms with Crippen LogP contribution in [0.4, 0.5) is 5.69 Å². The maximum atomic E-state index is 12.4. The Morgan fingerprint density at radius 3 is 2.39 bits per heavy atom. The van der Waals surface area contributed by atoms with Gasteiger partial charge in [0.15, 0.2) is 5.78 Å². The van der Waals surface area contributed by atoms with E-state index in [0.29, 0.717) is 12.1 Å². The van der Waals surface area contributed by atoms with Gasteiger partial charge in [-0.15, -0.1) is 0 Å². The van der Waals surface area contributed by atoms with Gasteiger partial charge in [0.25, 0.3) is 5.69 Å². The van der Waals surface area contributed by atoms with Crippen LogP contribution in [0.1, 0.15) is 28.7 Å². The van der Waals surface area contributed by atoms with E-state index in [-0.39, 0.29) is 11.5 Å². The molecule has 0 saturated heterocycles. The maximum absolute atomic E-state index is 12.4. The first-order valence-electron chi connectivity index (χ1n) is 7.50. The Hall–Kier alpha value is -2.47. The molecule has 0 spiro atoms.